The summed E-state index contributed by atoms with van der Waals surface area (Å²) in [4.78, 5) is 19.3. The molecule has 0 aliphatic heterocycles. The van der Waals surface area contributed by atoms with Crippen LogP contribution in [0.25, 0.3) is 11.1 Å². The molecule has 1 saturated carbocycles. The van der Waals surface area contributed by atoms with Gasteiger partial charge in [-0.1, -0.05) is 35.3 Å². The summed E-state index contributed by atoms with van der Waals surface area (Å²) in [5.74, 6) is -1.54. The molecular weight excluding hydrogens is 418 g/mol. The van der Waals surface area contributed by atoms with Gasteiger partial charge in [0.05, 0.1) is 24.0 Å². The second-order valence-corrected chi connectivity index (χ2v) is 7.57. The van der Waals surface area contributed by atoms with E-state index in [0.717, 1.165) is 0 Å². The van der Waals surface area contributed by atoms with Crippen molar-refractivity contribution in [1.82, 2.24) is 9.97 Å². The fourth-order valence-electron chi connectivity index (χ4n) is 3.15. The Labute approximate surface area is 176 Å². The van der Waals surface area contributed by atoms with Crippen LogP contribution >= 0.6 is 23.2 Å². The third-order valence-corrected chi connectivity index (χ3v) is 5.44. The van der Waals surface area contributed by atoms with E-state index in [1.54, 1.807) is 30.3 Å². The lowest BCUT2D eigenvalue weighted by Gasteiger charge is -2.11. The molecule has 3 aromatic rings. The van der Waals surface area contributed by atoms with Gasteiger partial charge < -0.3 is 9.84 Å². The number of carboxylic acids is 1. The Morgan fingerprint density at radius 2 is 1.93 bits per heavy atom. The van der Waals surface area contributed by atoms with Crippen LogP contribution < -0.4 is 4.74 Å². The van der Waals surface area contributed by atoms with Gasteiger partial charge in [-0.3, -0.25) is 9.78 Å². The smallest absolute Gasteiger partial charge is 0.307 e. The molecule has 1 fully saturated rings. The molecule has 29 heavy (non-hydrogen) atoms. The van der Waals surface area contributed by atoms with Crippen molar-refractivity contribution in [2.45, 2.75) is 18.9 Å². The first-order valence-electron chi connectivity index (χ1n) is 8.84. The molecule has 1 aliphatic rings. The van der Waals surface area contributed by atoms with Crippen molar-refractivity contribution in [3.05, 3.63) is 75.9 Å². The molecule has 148 valence electrons. The normalized spacial score (nSPS) is 17.8. The van der Waals surface area contributed by atoms with Gasteiger partial charge in [-0.05, 0) is 36.2 Å². The predicted octanol–water partition coefficient (Wildman–Crippen LogP) is 5.36. The first kappa shape index (κ1) is 19.6. The highest BCUT2D eigenvalue weighted by atomic mass is 35.5. The second-order valence-electron chi connectivity index (χ2n) is 6.76. The van der Waals surface area contributed by atoms with E-state index in [2.05, 4.69) is 9.97 Å². The molecule has 1 unspecified atom stereocenters. The SMILES string of the molecule is O=C(O)[C@@H]1CC1c1cnc(OCc2cc(-c3c(Cl)cccc3Cl)ccc2F)cn1. The Hall–Kier alpha value is -2.70. The lowest BCUT2D eigenvalue weighted by atomic mass is 10.0. The number of aromatic nitrogens is 2. The summed E-state index contributed by atoms with van der Waals surface area (Å²) in [6, 6.07) is 9.75. The van der Waals surface area contributed by atoms with Crippen LogP contribution in [0.15, 0.2) is 48.8 Å². The number of hydrogen-bond acceptors (Lipinski definition) is 4. The Balaban J connectivity index is 1.48. The molecule has 0 saturated heterocycles. The maximum absolute atomic E-state index is 14.2. The Bertz CT molecular complexity index is 1060. The quantitative estimate of drug-likeness (QED) is 0.567. The molecule has 1 heterocycles. The van der Waals surface area contributed by atoms with Crippen molar-refractivity contribution in [3.63, 3.8) is 0 Å². The van der Waals surface area contributed by atoms with Crippen LogP contribution in [-0.4, -0.2) is 21.0 Å². The summed E-state index contributed by atoms with van der Waals surface area (Å²) in [6.45, 7) is -0.0586. The average Bonchev–Trinajstić information content (AvgIpc) is 3.50. The van der Waals surface area contributed by atoms with Crippen LogP contribution in [-0.2, 0) is 11.4 Å². The molecule has 1 N–H and O–H groups in total. The minimum absolute atomic E-state index is 0.0586. The lowest BCUT2D eigenvalue weighted by molar-refractivity contribution is -0.138. The molecule has 8 heteroatoms. The standard InChI is InChI=1S/C21H15Cl2FN2O3/c22-15-2-1-3-16(23)20(15)11-4-5-17(24)12(6-11)10-29-19-9-25-18(8-26-19)13-7-14(13)21(27)28/h1-6,8-9,13-14H,7,10H2,(H,27,28)/t13?,14-/m1/s1. The molecule has 0 spiro atoms. The molecule has 2 aromatic carbocycles. The molecule has 2 atom stereocenters. The topological polar surface area (TPSA) is 72.3 Å². The van der Waals surface area contributed by atoms with Gasteiger partial charge in [0.2, 0.25) is 5.88 Å². The predicted molar refractivity (Wildman–Crippen MR) is 107 cm³/mol. The molecule has 5 nitrogen and oxygen atoms in total. The van der Waals surface area contributed by atoms with Gasteiger partial charge in [0.15, 0.2) is 0 Å². The fourth-order valence-corrected chi connectivity index (χ4v) is 3.77. The van der Waals surface area contributed by atoms with Crippen molar-refractivity contribution < 1.29 is 19.0 Å². The van der Waals surface area contributed by atoms with Crippen LogP contribution in [0.2, 0.25) is 10.0 Å². The van der Waals surface area contributed by atoms with E-state index in [0.29, 0.717) is 38.9 Å². The number of hydrogen-bond donors (Lipinski definition) is 1. The van der Waals surface area contributed by atoms with E-state index in [1.807, 2.05) is 0 Å². The van der Waals surface area contributed by atoms with E-state index < -0.39 is 17.7 Å². The maximum atomic E-state index is 14.2. The highest BCUT2D eigenvalue weighted by molar-refractivity contribution is 6.39. The van der Waals surface area contributed by atoms with Crippen molar-refractivity contribution >= 4 is 29.2 Å². The third-order valence-electron chi connectivity index (χ3n) is 4.81. The van der Waals surface area contributed by atoms with Gasteiger partial charge in [-0.2, -0.15) is 0 Å². The van der Waals surface area contributed by atoms with Gasteiger partial charge in [0.25, 0.3) is 0 Å². The largest absolute Gasteiger partial charge is 0.481 e. The van der Waals surface area contributed by atoms with Crippen LogP contribution in [0.3, 0.4) is 0 Å². The summed E-state index contributed by atoms with van der Waals surface area (Å²) < 4.78 is 19.8. The number of nitrogens with zero attached hydrogens (tertiary/aromatic N) is 2. The van der Waals surface area contributed by atoms with E-state index in [4.69, 9.17) is 33.0 Å². The Morgan fingerprint density at radius 1 is 1.17 bits per heavy atom. The van der Waals surface area contributed by atoms with E-state index in [1.165, 1.54) is 18.5 Å². The number of carboxylic acid groups (broad SMARTS) is 1. The first-order valence-corrected chi connectivity index (χ1v) is 9.60. The van der Waals surface area contributed by atoms with Crippen molar-refractivity contribution in [3.8, 4) is 17.0 Å². The Morgan fingerprint density at radius 3 is 2.55 bits per heavy atom. The summed E-state index contributed by atoms with van der Waals surface area (Å²) in [6.07, 6.45) is 3.48. The minimum atomic E-state index is -0.828. The summed E-state index contributed by atoms with van der Waals surface area (Å²) in [7, 11) is 0. The summed E-state index contributed by atoms with van der Waals surface area (Å²) in [5, 5.41) is 9.93. The van der Waals surface area contributed by atoms with E-state index >= 15 is 0 Å². The zero-order valence-electron chi connectivity index (χ0n) is 15.0. The molecular formula is C21H15Cl2FN2O3. The molecule has 0 amide bonds. The fraction of sp³-hybridized carbons (Fsp3) is 0.190. The number of benzene rings is 2. The summed E-state index contributed by atoms with van der Waals surface area (Å²) >= 11 is 12.5. The highest BCUT2D eigenvalue weighted by Crippen LogP contribution is 2.46. The Kier molecular flexibility index (Phi) is 5.39. The molecule has 0 bridgehead atoms. The van der Waals surface area contributed by atoms with Crippen molar-refractivity contribution in [2.75, 3.05) is 0 Å². The third kappa shape index (κ3) is 4.18. The molecule has 1 aromatic heterocycles. The first-order chi connectivity index (χ1) is 13.9. The molecule has 4 rings (SSSR count). The minimum Gasteiger partial charge on any atom is -0.481 e. The number of ether oxygens (including phenoxy) is 1. The number of aliphatic carboxylic acids is 1. The number of carbonyl (C=O) groups is 1. The molecule has 0 radical (unpaired) electrons. The monoisotopic (exact) mass is 432 g/mol. The average molecular weight is 433 g/mol. The van der Waals surface area contributed by atoms with E-state index in [9.17, 15) is 9.18 Å². The zero-order chi connectivity index (χ0) is 20.5. The maximum Gasteiger partial charge on any atom is 0.307 e. The van der Waals surface area contributed by atoms with Crippen molar-refractivity contribution in [1.29, 1.82) is 0 Å². The zero-order valence-corrected chi connectivity index (χ0v) is 16.5. The van der Waals surface area contributed by atoms with Crippen LogP contribution in [0.4, 0.5) is 4.39 Å². The lowest BCUT2D eigenvalue weighted by Crippen LogP contribution is -2.03. The van der Waals surface area contributed by atoms with E-state index in [-0.39, 0.29) is 18.4 Å². The van der Waals surface area contributed by atoms with Crippen molar-refractivity contribution in [2.24, 2.45) is 5.92 Å². The van der Waals surface area contributed by atoms with Gasteiger partial charge in [0.1, 0.15) is 12.4 Å². The second kappa shape index (κ2) is 7.97. The van der Waals surface area contributed by atoms with Crippen LogP contribution in [0.1, 0.15) is 23.6 Å². The van der Waals surface area contributed by atoms with Gasteiger partial charge in [-0.25, -0.2) is 9.37 Å². The molecule has 1 aliphatic carbocycles. The van der Waals surface area contributed by atoms with Gasteiger partial charge in [-0.15, -0.1) is 0 Å². The van der Waals surface area contributed by atoms with Crippen LogP contribution in [0.5, 0.6) is 5.88 Å². The number of rotatable bonds is 6. The summed E-state index contributed by atoms with van der Waals surface area (Å²) in [5.41, 5.74) is 2.23. The number of halogens is 3. The van der Waals surface area contributed by atoms with Gasteiger partial charge >= 0.3 is 5.97 Å². The van der Waals surface area contributed by atoms with Gasteiger partial charge in [0, 0.05) is 27.1 Å². The highest BCUT2D eigenvalue weighted by Gasteiger charge is 2.45. The van der Waals surface area contributed by atoms with Crippen LogP contribution in [0, 0.1) is 11.7 Å².